The zero-order valence-corrected chi connectivity index (χ0v) is 36.2. The topological polar surface area (TPSA) is 191 Å². The second-order valence-electron chi connectivity index (χ2n) is 13.8. The van der Waals surface area contributed by atoms with Crippen molar-refractivity contribution < 1.29 is 57.7 Å². The van der Waals surface area contributed by atoms with Gasteiger partial charge in [-0.2, -0.15) is 0 Å². The van der Waals surface area contributed by atoms with E-state index < -0.39 is 42.0 Å². The average Bonchev–Trinajstić information content (AvgIpc) is 3.23. The Morgan fingerprint density at radius 1 is 0.644 bits per heavy atom. The van der Waals surface area contributed by atoms with Gasteiger partial charge in [0.15, 0.2) is 17.6 Å². The summed E-state index contributed by atoms with van der Waals surface area (Å²) in [6, 6.07) is 13.8. The molecule has 324 valence electrons. The zero-order valence-electron chi connectivity index (χ0n) is 33.9. The molecule has 2 saturated carbocycles. The van der Waals surface area contributed by atoms with Gasteiger partial charge in [-0.3, -0.25) is 38.6 Å². The van der Waals surface area contributed by atoms with Crippen molar-refractivity contribution in [3.8, 4) is 0 Å². The number of esters is 1. The predicted octanol–water partition coefficient (Wildman–Crippen LogP) is 8.78. The first-order chi connectivity index (χ1) is 28.0. The molecule has 2 aromatic carbocycles. The molecule has 0 aliphatic heterocycles. The Morgan fingerprint density at radius 3 is 1.46 bits per heavy atom. The van der Waals surface area contributed by atoms with Crippen molar-refractivity contribution in [2.75, 3.05) is 27.0 Å². The number of rotatable bonds is 15. The molecular formula is C42H53Cl3N2O12. The van der Waals surface area contributed by atoms with Crippen molar-refractivity contribution in [3.63, 3.8) is 0 Å². The van der Waals surface area contributed by atoms with Crippen molar-refractivity contribution in [1.82, 2.24) is 9.80 Å². The molecule has 0 aromatic heterocycles. The minimum absolute atomic E-state index is 0.0115. The Bertz CT molecular complexity index is 1810. The van der Waals surface area contributed by atoms with Crippen molar-refractivity contribution in [2.45, 2.75) is 115 Å². The fourth-order valence-corrected chi connectivity index (χ4v) is 7.55. The molecule has 0 radical (unpaired) electrons. The number of carbonyl (C=O) groups is 8. The number of ketones is 4. The zero-order chi connectivity index (χ0) is 44.2. The monoisotopic (exact) mass is 882 g/mol. The maximum atomic E-state index is 12.9. The van der Waals surface area contributed by atoms with Gasteiger partial charge in [-0.15, -0.1) is 0 Å². The molecule has 59 heavy (non-hydrogen) atoms. The minimum Gasteiger partial charge on any atom is -0.481 e. The van der Waals surface area contributed by atoms with Crippen LogP contribution in [0.5, 0.6) is 0 Å². The molecule has 2 aromatic rings. The van der Waals surface area contributed by atoms with E-state index in [1.807, 2.05) is 6.07 Å². The lowest BCUT2D eigenvalue weighted by molar-refractivity contribution is -0.154. The number of aliphatic carboxylic acids is 1. The summed E-state index contributed by atoms with van der Waals surface area (Å²) in [5.74, 6) is -1.69. The van der Waals surface area contributed by atoms with Gasteiger partial charge in [-0.25, -0.2) is 9.59 Å². The van der Waals surface area contributed by atoms with Crippen LogP contribution in [0.2, 0.25) is 10.0 Å². The quantitative estimate of drug-likeness (QED) is 0.102. The van der Waals surface area contributed by atoms with Gasteiger partial charge in [-0.1, -0.05) is 85.0 Å². The third-order valence-electron chi connectivity index (χ3n) is 10.2. The number of halogens is 3. The minimum atomic E-state index is -1.22. The molecule has 2 atom stereocenters. The molecule has 0 heterocycles. The Morgan fingerprint density at radius 2 is 1.07 bits per heavy atom. The molecule has 0 bridgehead atoms. The lowest BCUT2D eigenvalue weighted by Gasteiger charge is -2.43. The highest BCUT2D eigenvalue weighted by Crippen LogP contribution is 2.43. The maximum Gasteiger partial charge on any atom is 0.413 e. The van der Waals surface area contributed by atoms with Crippen LogP contribution in [0.3, 0.4) is 0 Å². The number of Topliss-reactive ketones (excluding diaryl/α,β-unsaturated/α-hetero) is 4. The Labute approximate surface area is 359 Å². The predicted molar refractivity (Wildman–Crippen MR) is 220 cm³/mol. The third kappa shape index (κ3) is 14.0. The molecule has 0 saturated heterocycles. The molecule has 1 N–H and O–H groups in total. The van der Waals surface area contributed by atoms with E-state index >= 15 is 0 Å². The first kappa shape index (κ1) is 50.6. The van der Waals surface area contributed by atoms with Crippen LogP contribution >= 0.6 is 34.8 Å². The van der Waals surface area contributed by atoms with Gasteiger partial charge in [-0.05, 0) is 50.7 Å². The summed E-state index contributed by atoms with van der Waals surface area (Å²) >= 11 is 18.1. The number of hydrogen-bond acceptors (Lipinski definition) is 11. The fourth-order valence-electron chi connectivity index (χ4n) is 6.87. The number of ether oxygens (including phenoxy) is 3. The van der Waals surface area contributed by atoms with Gasteiger partial charge in [0.2, 0.25) is 6.79 Å². The third-order valence-corrected chi connectivity index (χ3v) is 11.0. The van der Waals surface area contributed by atoms with Crippen LogP contribution in [0.15, 0.2) is 48.5 Å². The number of hydrogen-bond donors (Lipinski definition) is 1. The smallest absolute Gasteiger partial charge is 0.413 e. The maximum absolute atomic E-state index is 12.9. The first-order valence-electron chi connectivity index (χ1n) is 19.4. The molecule has 0 unspecified atom stereocenters. The summed E-state index contributed by atoms with van der Waals surface area (Å²) in [4.78, 5) is 96.2. The number of alkyl halides is 1. The summed E-state index contributed by atoms with van der Waals surface area (Å²) in [7, 11) is 3.04. The van der Waals surface area contributed by atoms with Gasteiger partial charge in [0.05, 0.1) is 12.8 Å². The second-order valence-corrected chi connectivity index (χ2v) is 14.8. The van der Waals surface area contributed by atoms with E-state index in [9.17, 15) is 38.4 Å². The van der Waals surface area contributed by atoms with Crippen LogP contribution in [0.1, 0.15) is 115 Å². The number of likely N-dealkylation sites (N-methyl/N-ethyl adjacent to an activating group) is 2. The number of amides is 2. The van der Waals surface area contributed by atoms with Gasteiger partial charge >= 0.3 is 24.1 Å². The normalized spacial score (nSPS) is 18.4. The Balaban J connectivity index is 0.000000348. The molecule has 2 amide bonds. The molecule has 14 nitrogen and oxygen atoms in total. The lowest BCUT2D eigenvalue weighted by atomic mass is 9.74. The SMILES string of the molecule is CCC(=O)CCC(=O)O.CCC(=O)CCC(=O)OCOC(=O)N(C)[C@]1(c2ccccc2Cl)CCCCC1=O.CN(C(=O)OCCl)[C@]1(c2ccccc2Cl)CCCCC1=O. The molecule has 4 rings (SSSR count). The van der Waals surface area contributed by atoms with Crippen LogP contribution < -0.4 is 0 Å². The van der Waals surface area contributed by atoms with Crippen LogP contribution in [-0.2, 0) is 54.1 Å². The Kier molecular flexibility index (Phi) is 21.6. The molecule has 17 heteroatoms. The van der Waals surface area contributed by atoms with E-state index in [2.05, 4.69) is 0 Å². The van der Waals surface area contributed by atoms with Gasteiger partial charge < -0.3 is 19.3 Å². The number of benzene rings is 2. The van der Waals surface area contributed by atoms with E-state index in [1.54, 1.807) is 63.4 Å². The van der Waals surface area contributed by atoms with E-state index in [4.69, 9.17) is 54.1 Å². The fraction of sp³-hybridized carbons (Fsp3) is 0.524. The van der Waals surface area contributed by atoms with Crippen molar-refractivity contribution in [1.29, 1.82) is 0 Å². The highest BCUT2D eigenvalue weighted by Gasteiger charge is 2.50. The van der Waals surface area contributed by atoms with Gasteiger partial charge in [0.25, 0.3) is 0 Å². The van der Waals surface area contributed by atoms with E-state index in [0.717, 1.165) is 25.7 Å². The highest BCUT2D eigenvalue weighted by atomic mass is 35.5. The molecule has 0 spiro atoms. The van der Waals surface area contributed by atoms with Crippen molar-refractivity contribution in [3.05, 3.63) is 69.7 Å². The van der Waals surface area contributed by atoms with E-state index in [1.165, 1.54) is 16.8 Å². The van der Waals surface area contributed by atoms with Crippen molar-refractivity contribution in [2.24, 2.45) is 0 Å². The molecule has 2 fully saturated rings. The number of carbonyl (C=O) groups excluding carboxylic acids is 7. The van der Waals surface area contributed by atoms with Crippen LogP contribution in [0, 0.1) is 0 Å². The van der Waals surface area contributed by atoms with Crippen LogP contribution in [0.25, 0.3) is 0 Å². The van der Waals surface area contributed by atoms with Crippen LogP contribution in [-0.4, -0.2) is 89.1 Å². The molecule has 2 aliphatic carbocycles. The average molecular weight is 884 g/mol. The summed E-state index contributed by atoms with van der Waals surface area (Å²) in [5.41, 5.74) is -1.09. The van der Waals surface area contributed by atoms with E-state index in [0.29, 0.717) is 59.7 Å². The van der Waals surface area contributed by atoms with Gasteiger partial charge in [0, 0.05) is 73.8 Å². The summed E-state index contributed by atoms with van der Waals surface area (Å²) < 4.78 is 14.8. The number of carboxylic acid groups (broad SMARTS) is 1. The highest BCUT2D eigenvalue weighted by molar-refractivity contribution is 6.32. The number of carboxylic acids is 1. The van der Waals surface area contributed by atoms with Crippen LogP contribution in [0.4, 0.5) is 9.59 Å². The summed E-state index contributed by atoms with van der Waals surface area (Å²) in [6.45, 7) is 2.85. The second kappa shape index (κ2) is 25.2. The Hall–Kier alpha value is -4.53. The largest absolute Gasteiger partial charge is 0.481 e. The summed E-state index contributed by atoms with van der Waals surface area (Å²) in [6.07, 6.45) is 4.43. The number of nitrogens with zero attached hydrogens (tertiary/aromatic N) is 2. The first-order valence-corrected chi connectivity index (χ1v) is 20.7. The standard InChI is InChI=1S/C21H26ClNO6.C15H17Cl2NO3.C6H10O3/c1-3-15(24)11-12-19(26)28-14-29-20(27)23(2)21(13-7-6-10-18(21)25)16-8-4-5-9-17(16)22;1-18(14(20)21-10-16)15(9-5-4-8-13(15)19)11-6-2-3-7-12(11)17;1-2-5(7)3-4-6(8)9/h4-5,8-9H,3,6-7,10-14H2,1-2H3;2-3,6-7H,4-5,8-10H2,1H3;2-4H2,1H3,(H,8,9)/t21-;15-;/m00./s1. The molecule has 2 aliphatic rings. The van der Waals surface area contributed by atoms with Gasteiger partial charge in [0.1, 0.15) is 22.6 Å². The molecular weight excluding hydrogens is 831 g/mol. The summed E-state index contributed by atoms with van der Waals surface area (Å²) in [5, 5.41) is 8.97. The lowest BCUT2D eigenvalue weighted by Crippen LogP contribution is -2.54. The van der Waals surface area contributed by atoms with E-state index in [-0.39, 0.29) is 54.9 Å². The van der Waals surface area contributed by atoms with Crippen molar-refractivity contribution >= 4 is 82.1 Å².